The van der Waals surface area contributed by atoms with Crippen molar-refractivity contribution in [2.75, 3.05) is 0 Å². The summed E-state index contributed by atoms with van der Waals surface area (Å²) in [6.07, 6.45) is 7.90. The summed E-state index contributed by atoms with van der Waals surface area (Å²) in [5, 5.41) is 2.97. The molecule has 0 unspecified atom stereocenters. The number of rotatable bonds is 5. The maximum Gasteiger partial charge on any atom is 0.240 e. The van der Waals surface area contributed by atoms with Crippen LogP contribution in [-0.2, 0) is 17.8 Å². The van der Waals surface area contributed by atoms with Gasteiger partial charge in [-0.1, -0.05) is 6.92 Å². The van der Waals surface area contributed by atoms with Gasteiger partial charge in [-0.3, -0.25) is 4.79 Å². The lowest BCUT2D eigenvalue weighted by molar-refractivity contribution is -0.121. The second-order valence-corrected chi connectivity index (χ2v) is 4.06. The Kier molecular flexibility index (Phi) is 3.04. The van der Waals surface area contributed by atoms with E-state index in [4.69, 9.17) is 0 Å². The van der Waals surface area contributed by atoms with E-state index >= 15 is 0 Å². The van der Waals surface area contributed by atoms with Crippen molar-refractivity contribution in [2.45, 2.75) is 45.2 Å². The zero-order valence-electron chi connectivity index (χ0n) is 9.07. The van der Waals surface area contributed by atoms with E-state index in [-0.39, 0.29) is 5.91 Å². The van der Waals surface area contributed by atoms with Crippen LogP contribution in [0.3, 0.4) is 0 Å². The topological polar surface area (TPSA) is 46.9 Å². The van der Waals surface area contributed by atoms with Crippen molar-refractivity contribution in [3.8, 4) is 0 Å². The lowest BCUT2D eigenvalue weighted by atomic mass is 10.3. The van der Waals surface area contributed by atoms with Crippen LogP contribution < -0.4 is 5.32 Å². The summed E-state index contributed by atoms with van der Waals surface area (Å²) in [7, 11) is 0. The van der Waals surface area contributed by atoms with Gasteiger partial charge in [0.25, 0.3) is 0 Å². The molecule has 0 radical (unpaired) electrons. The number of amides is 1. The van der Waals surface area contributed by atoms with Crippen LogP contribution in [0.1, 0.15) is 32.0 Å². The molecular formula is C11H17N3O. The Hall–Kier alpha value is -1.32. The van der Waals surface area contributed by atoms with E-state index in [1.165, 1.54) is 0 Å². The molecule has 1 N–H and O–H groups in total. The molecular weight excluding hydrogens is 190 g/mol. The van der Waals surface area contributed by atoms with Gasteiger partial charge in [0, 0.05) is 24.9 Å². The molecule has 4 nitrogen and oxygen atoms in total. The van der Waals surface area contributed by atoms with Crippen molar-refractivity contribution in [3.05, 3.63) is 18.2 Å². The smallest absolute Gasteiger partial charge is 0.240 e. The van der Waals surface area contributed by atoms with Crippen LogP contribution in [0.15, 0.2) is 12.4 Å². The van der Waals surface area contributed by atoms with Gasteiger partial charge in [-0.05, 0) is 19.3 Å². The van der Waals surface area contributed by atoms with Crippen LogP contribution in [0, 0.1) is 0 Å². The molecule has 0 aromatic carbocycles. The first-order valence-corrected chi connectivity index (χ1v) is 5.59. The van der Waals surface area contributed by atoms with Crippen molar-refractivity contribution < 1.29 is 4.79 Å². The predicted octanol–water partition coefficient (Wildman–Crippen LogP) is 1.11. The molecule has 82 valence electrons. The first-order chi connectivity index (χ1) is 7.29. The summed E-state index contributed by atoms with van der Waals surface area (Å²) in [6.45, 7) is 2.52. The number of hydrogen-bond donors (Lipinski definition) is 1. The van der Waals surface area contributed by atoms with Gasteiger partial charge >= 0.3 is 0 Å². The molecule has 0 bridgehead atoms. The molecule has 1 fully saturated rings. The largest absolute Gasteiger partial charge is 0.352 e. The second kappa shape index (κ2) is 4.47. The Bertz CT molecular complexity index is 341. The van der Waals surface area contributed by atoms with E-state index in [0.717, 1.165) is 31.5 Å². The number of aryl methyl sites for hydroxylation is 1. The third-order valence-corrected chi connectivity index (χ3v) is 2.53. The minimum Gasteiger partial charge on any atom is -0.352 e. The number of nitrogens with one attached hydrogen (secondary N) is 1. The lowest BCUT2D eigenvalue weighted by Gasteiger charge is -2.07. The van der Waals surface area contributed by atoms with Gasteiger partial charge < -0.3 is 9.88 Å². The van der Waals surface area contributed by atoms with E-state index in [0.29, 0.717) is 12.6 Å². The molecule has 1 aromatic rings. The third-order valence-electron chi connectivity index (χ3n) is 2.53. The van der Waals surface area contributed by atoms with Crippen LogP contribution in [0.5, 0.6) is 0 Å². The zero-order chi connectivity index (χ0) is 10.7. The van der Waals surface area contributed by atoms with Gasteiger partial charge in [-0.2, -0.15) is 0 Å². The van der Waals surface area contributed by atoms with Gasteiger partial charge in [-0.25, -0.2) is 4.98 Å². The normalized spacial score (nSPS) is 15.3. The molecule has 0 spiro atoms. The number of carbonyl (C=O) groups excluding carboxylic acids is 1. The van der Waals surface area contributed by atoms with Gasteiger partial charge in [0.05, 0.1) is 0 Å². The highest BCUT2D eigenvalue weighted by molar-refractivity contribution is 5.76. The summed E-state index contributed by atoms with van der Waals surface area (Å²) < 4.78 is 1.93. The minimum atomic E-state index is 0.104. The fraction of sp³-hybridized carbons (Fsp3) is 0.636. The number of hydrogen-bond acceptors (Lipinski definition) is 2. The molecule has 0 atom stereocenters. The molecule has 2 rings (SSSR count). The predicted molar refractivity (Wildman–Crippen MR) is 57.4 cm³/mol. The molecule has 1 aliphatic carbocycles. The Balaban J connectivity index is 1.90. The zero-order valence-corrected chi connectivity index (χ0v) is 9.07. The van der Waals surface area contributed by atoms with E-state index in [1.54, 1.807) is 6.20 Å². The average Bonchev–Trinajstić information content (AvgIpc) is 2.90. The molecule has 1 heterocycles. The van der Waals surface area contributed by atoms with Crippen LogP contribution in [-0.4, -0.2) is 21.5 Å². The van der Waals surface area contributed by atoms with Crippen LogP contribution in [0.2, 0.25) is 0 Å². The Morgan fingerprint density at radius 3 is 3.13 bits per heavy atom. The number of carbonyl (C=O) groups is 1. The van der Waals surface area contributed by atoms with Crippen molar-refractivity contribution in [3.63, 3.8) is 0 Å². The van der Waals surface area contributed by atoms with Gasteiger partial charge in [0.1, 0.15) is 12.4 Å². The highest BCUT2D eigenvalue weighted by Crippen LogP contribution is 2.18. The quantitative estimate of drug-likeness (QED) is 0.786. The monoisotopic (exact) mass is 207 g/mol. The number of aromatic nitrogens is 2. The van der Waals surface area contributed by atoms with Crippen LogP contribution in [0.25, 0.3) is 0 Å². The molecule has 0 saturated heterocycles. The average molecular weight is 207 g/mol. The fourth-order valence-corrected chi connectivity index (χ4v) is 1.59. The highest BCUT2D eigenvalue weighted by atomic mass is 16.2. The van der Waals surface area contributed by atoms with E-state index in [2.05, 4.69) is 17.2 Å². The standard InChI is InChI=1S/C11H17N3O/c1-2-3-10-12-6-7-14(10)8-11(15)13-9-4-5-9/h6-7,9H,2-5,8H2,1H3,(H,13,15). The molecule has 1 aromatic heterocycles. The summed E-state index contributed by atoms with van der Waals surface area (Å²) in [5.74, 6) is 1.11. The SMILES string of the molecule is CCCc1nccn1CC(=O)NC1CC1. The van der Waals surface area contributed by atoms with Gasteiger partial charge in [0.15, 0.2) is 0 Å². The first kappa shape index (κ1) is 10.2. The van der Waals surface area contributed by atoms with Gasteiger partial charge in [0.2, 0.25) is 5.91 Å². The van der Waals surface area contributed by atoms with Crippen LogP contribution in [0.4, 0.5) is 0 Å². The van der Waals surface area contributed by atoms with Gasteiger partial charge in [-0.15, -0.1) is 0 Å². The maximum absolute atomic E-state index is 11.6. The van der Waals surface area contributed by atoms with E-state index in [1.807, 2.05) is 10.8 Å². The molecule has 4 heteroatoms. The summed E-state index contributed by atoms with van der Waals surface area (Å²) in [6, 6.07) is 0.440. The summed E-state index contributed by atoms with van der Waals surface area (Å²) in [4.78, 5) is 15.8. The molecule has 1 amide bonds. The number of nitrogens with zero attached hydrogens (tertiary/aromatic N) is 2. The van der Waals surface area contributed by atoms with E-state index < -0.39 is 0 Å². The highest BCUT2D eigenvalue weighted by Gasteiger charge is 2.23. The van der Waals surface area contributed by atoms with E-state index in [9.17, 15) is 4.79 Å². The molecule has 1 saturated carbocycles. The van der Waals surface area contributed by atoms with Crippen molar-refractivity contribution in [2.24, 2.45) is 0 Å². The lowest BCUT2D eigenvalue weighted by Crippen LogP contribution is -2.29. The number of imidazole rings is 1. The van der Waals surface area contributed by atoms with Crippen LogP contribution >= 0.6 is 0 Å². The molecule has 0 aliphatic heterocycles. The van der Waals surface area contributed by atoms with Crippen molar-refractivity contribution in [1.29, 1.82) is 0 Å². The van der Waals surface area contributed by atoms with Crippen molar-refractivity contribution in [1.82, 2.24) is 14.9 Å². The van der Waals surface area contributed by atoms with Crippen molar-refractivity contribution >= 4 is 5.91 Å². The maximum atomic E-state index is 11.6. The molecule has 15 heavy (non-hydrogen) atoms. The second-order valence-electron chi connectivity index (χ2n) is 4.06. The fourth-order valence-electron chi connectivity index (χ4n) is 1.59. The first-order valence-electron chi connectivity index (χ1n) is 5.59. The molecule has 1 aliphatic rings. The Morgan fingerprint density at radius 2 is 2.47 bits per heavy atom. The third kappa shape index (κ3) is 2.81. The Labute approximate surface area is 89.7 Å². The summed E-state index contributed by atoms with van der Waals surface area (Å²) in [5.41, 5.74) is 0. The Morgan fingerprint density at radius 1 is 1.67 bits per heavy atom. The minimum absolute atomic E-state index is 0.104. The summed E-state index contributed by atoms with van der Waals surface area (Å²) >= 11 is 0.